The molecule has 1 aliphatic carbocycles. The van der Waals surface area contributed by atoms with Crippen molar-refractivity contribution in [1.82, 2.24) is 9.78 Å². The van der Waals surface area contributed by atoms with E-state index in [1.54, 1.807) is 23.9 Å². The molecule has 0 bridgehead atoms. The minimum atomic E-state index is -1.25. The zero-order valence-electron chi connectivity index (χ0n) is 9.82. The van der Waals surface area contributed by atoms with E-state index >= 15 is 0 Å². The molecule has 0 saturated heterocycles. The lowest BCUT2D eigenvalue weighted by Gasteiger charge is -2.24. The van der Waals surface area contributed by atoms with Crippen molar-refractivity contribution in [1.29, 1.82) is 0 Å². The number of halogens is 2. The molecule has 0 amide bonds. The molecule has 0 radical (unpaired) electrons. The zero-order valence-corrected chi connectivity index (χ0v) is 10.6. The van der Waals surface area contributed by atoms with Gasteiger partial charge < -0.3 is 5.11 Å². The maximum atomic E-state index is 13.7. The van der Waals surface area contributed by atoms with E-state index < -0.39 is 5.60 Å². The molecule has 0 saturated carbocycles. The molecule has 1 heterocycles. The minimum Gasteiger partial charge on any atom is -0.379 e. The summed E-state index contributed by atoms with van der Waals surface area (Å²) in [6.07, 6.45) is 2.41. The molecular weight excluding hydrogens is 255 g/mol. The Bertz CT molecular complexity index is 606. The summed E-state index contributed by atoms with van der Waals surface area (Å²) in [6.45, 7) is 0. The summed E-state index contributed by atoms with van der Waals surface area (Å²) in [6, 6.07) is 4.76. The van der Waals surface area contributed by atoms with Crippen LogP contribution in [0.15, 0.2) is 24.4 Å². The number of rotatable bonds is 1. The van der Waals surface area contributed by atoms with Crippen molar-refractivity contribution >= 4 is 11.6 Å². The van der Waals surface area contributed by atoms with Gasteiger partial charge in [-0.3, -0.25) is 4.68 Å². The quantitative estimate of drug-likeness (QED) is 0.861. The molecule has 1 N–H and O–H groups in total. The molecule has 1 atom stereocenters. The lowest BCUT2D eigenvalue weighted by Crippen LogP contribution is -2.27. The Morgan fingerprint density at radius 3 is 2.94 bits per heavy atom. The van der Waals surface area contributed by atoms with Gasteiger partial charge in [0.25, 0.3) is 0 Å². The standard InChI is InChI=1S/C13H12ClFN2O/c1-17-12(10(14)7-16-17)13(18)6-5-8-9(13)3-2-4-11(8)15/h2-4,7,18H,5-6H2,1H3. The Labute approximate surface area is 109 Å². The van der Waals surface area contributed by atoms with Crippen LogP contribution in [0.4, 0.5) is 4.39 Å². The summed E-state index contributed by atoms with van der Waals surface area (Å²) in [5, 5.41) is 15.3. The fourth-order valence-electron chi connectivity index (χ4n) is 2.76. The molecule has 1 unspecified atom stereocenters. The molecule has 94 valence electrons. The normalized spacial score (nSPS) is 22.2. The first-order valence-corrected chi connectivity index (χ1v) is 6.10. The van der Waals surface area contributed by atoms with Crippen LogP contribution >= 0.6 is 11.6 Å². The molecule has 3 nitrogen and oxygen atoms in total. The second kappa shape index (κ2) is 3.80. The zero-order chi connectivity index (χ0) is 12.9. The average molecular weight is 267 g/mol. The van der Waals surface area contributed by atoms with Gasteiger partial charge in [-0.15, -0.1) is 0 Å². The SMILES string of the molecule is Cn1ncc(Cl)c1C1(O)CCc2c(F)cccc21. The van der Waals surface area contributed by atoms with Crippen molar-refractivity contribution in [3.63, 3.8) is 0 Å². The summed E-state index contributed by atoms with van der Waals surface area (Å²) >= 11 is 6.08. The van der Waals surface area contributed by atoms with E-state index in [1.165, 1.54) is 12.3 Å². The van der Waals surface area contributed by atoms with Gasteiger partial charge in [0, 0.05) is 7.05 Å². The second-order valence-electron chi connectivity index (χ2n) is 4.59. The summed E-state index contributed by atoms with van der Waals surface area (Å²) in [5.74, 6) is -0.276. The Morgan fingerprint density at radius 2 is 2.28 bits per heavy atom. The van der Waals surface area contributed by atoms with E-state index in [0.717, 1.165) is 0 Å². The molecule has 1 aromatic heterocycles. The maximum absolute atomic E-state index is 13.7. The van der Waals surface area contributed by atoms with Crippen molar-refractivity contribution in [2.45, 2.75) is 18.4 Å². The van der Waals surface area contributed by atoms with E-state index in [4.69, 9.17) is 11.6 Å². The average Bonchev–Trinajstić information content (AvgIpc) is 2.83. The van der Waals surface area contributed by atoms with Crippen LogP contribution in [0.3, 0.4) is 0 Å². The molecule has 1 aliphatic rings. The van der Waals surface area contributed by atoms with Crippen molar-refractivity contribution < 1.29 is 9.50 Å². The highest BCUT2D eigenvalue weighted by molar-refractivity contribution is 6.31. The highest BCUT2D eigenvalue weighted by Crippen LogP contribution is 2.44. The van der Waals surface area contributed by atoms with Gasteiger partial charge in [0.05, 0.1) is 16.9 Å². The largest absolute Gasteiger partial charge is 0.379 e. The van der Waals surface area contributed by atoms with Crippen molar-refractivity contribution in [2.24, 2.45) is 7.05 Å². The summed E-state index contributed by atoms with van der Waals surface area (Å²) in [5.41, 5.74) is 0.429. The minimum absolute atomic E-state index is 0.276. The van der Waals surface area contributed by atoms with E-state index in [1.807, 2.05) is 0 Å². The van der Waals surface area contributed by atoms with Gasteiger partial charge >= 0.3 is 0 Å². The second-order valence-corrected chi connectivity index (χ2v) is 5.00. The Kier molecular flexibility index (Phi) is 2.47. The third kappa shape index (κ3) is 1.42. The van der Waals surface area contributed by atoms with Gasteiger partial charge in [0.2, 0.25) is 0 Å². The molecule has 18 heavy (non-hydrogen) atoms. The van der Waals surface area contributed by atoms with Gasteiger partial charge in [-0.05, 0) is 30.0 Å². The number of nitrogens with zero attached hydrogens (tertiary/aromatic N) is 2. The first-order valence-electron chi connectivity index (χ1n) is 5.72. The smallest absolute Gasteiger partial charge is 0.133 e. The first kappa shape index (κ1) is 11.7. The van der Waals surface area contributed by atoms with Crippen molar-refractivity contribution in [3.8, 4) is 0 Å². The van der Waals surface area contributed by atoms with Crippen LogP contribution in [0.1, 0.15) is 23.2 Å². The van der Waals surface area contributed by atoms with E-state index in [9.17, 15) is 9.50 Å². The Hall–Kier alpha value is -1.39. The van der Waals surface area contributed by atoms with E-state index in [-0.39, 0.29) is 5.82 Å². The Balaban J connectivity index is 2.24. The number of aliphatic hydroxyl groups is 1. The number of fused-ring (bicyclic) bond motifs is 1. The predicted molar refractivity (Wildman–Crippen MR) is 65.9 cm³/mol. The van der Waals surface area contributed by atoms with E-state index in [0.29, 0.717) is 34.7 Å². The number of hydrogen-bond donors (Lipinski definition) is 1. The van der Waals surface area contributed by atoms with Crippen LogP contribution in [0, 0.1) is 5.82 Å². The first-order chi connectivity index (χ1) is 8.54. The van der Waals surface area contributed by atoms with Gasteiger partial charge in [-0.2, -0.15) is 5.10 Å². The van der Waals surface area contributed by atoms with Gasteiger partial charge in [0.15, 0.2) is 0 Å². The maximum Gasteiger partial charge on any atom is 0.133 e. The fraction of sp³-hybridized carbons (Fsp3) is 0.308. The topological polar surface area (TPSA) is 38.0 Å². The number of benzene rings is 1. The molecule has 0 aliphatic heterocycles. The third-order valence-corrected chi connectivity index (χ3v) is 3.86. The lowest BCUT2D eigenvalue weighted by molar-refractivity contribution is 0.0741. The van der Waals surface area contributed by atoms with Gasteiger partial charge in [0.1, 0.15) is 11.4 Å². The molecule has 0 fully saturated rings. The summed E-state index contributed by atoms with van der Waals surface area (Å²) < 4.78 is 15.3. The van der Waals surface area contributed by atoms with E-state index in [2.05, 4.69) is 5.10 Å². The monoisotopic (exact) mass is 266 g/mol. The van der Waals surface area contributed by atoms with Crippen LogP contribution in [-0.2, 0) is 19.1 Å². The van der Waals surface area contributed by atoms with Crippen molar-refractivity contribution in [3.05, 3.63) is 52.1 Å². The van der Waals surface area contributed by atoms with Gasteiger partial charge in [-0.1, -0.05) is 23.7 Å². The third-order valence-electron chi connectivity index (χ3n) is 3.59. The lowest BCUT2D eigenvalue weighted by atomic mass is 9.92. The highest BCUT2D eigenvalue weighted by Gasteiger charge is 2.43. The van der Waals surface area contributed by atoms with Crippen LogP contribution in [-0.4, -0.2) is 14.9 Å². The molecule has 0 spiro atoms. The Morgan fingerprint density at radius 1 is 1.50 bits per heavy atom. The van der Waals surface area contributed by atoms with Crippen LogP contribution in [0.5, 0.6) is 0 Å². The fourth-order valence-corrected chi connectivity index (χ4v) is 3.08. The molecule has 5 heteroatoms. The molecule has 3 rings (SSSR count). The van der Waals surface area contributed by atoms with Crippen LogP contribution < -0.4 is 0 Å². The highest BCUT2D eigenvalue weighted by atomic mass is 35.5. The molecule has 2 aromatic rings. The van der Waals surface area contributed by atoms with Gasteiger partial charge in [-0.25, -0.2) is 4.39 Å². The number of aromatic nitrogens is 2. The summed E-state index contributed by atoms with van der Waals surface area (Å²) in [7, 11) is 1.72. The van der Waals surface area contributed by atoms with Crippen LogP contribution in [0.25, 0.3) is 0 Å². The predicted octanol–water partition coefficient (Wildman–Crippen LogP) is 2.39. The number of hydrogen-bond acceptors (Lipinski definition) is 2. The summed E-state index contributed by atoms with van der Waals surface area (Å²) in [4.78, 5) is 0. The van der Waals surface area contributed by atoms with Crippen molar-refractivity contribution in [2.75, 3.05) is 0 Å². The molecule has 1 aromatic carbocycles. The molecular formula is C13H12ClFN2O. The number of aryl methyl sites for hydroxylation is 1. The van der Waals surface area contributed by atoms with Crippen LogP contribution in [0.2, 0.25) is 5.02 Å².